The van der Waals surface area contributed by atoms with E-state index in [1.54, 1.807) is 19.4 Å². The number of nitrogens with zero attached hydrogens (tertiary/aromatic N) is 1. The average molecular weight is 331 g/mol. The van der Waals surface area contributed by atoms with Gasteiger partial charge in [-0.2, -0.15) is 4.31 Å². The van der Waals surface area contributed by atoms with Crippen LogP contribution in [0.15, 0.2) is 10.3 Å². The Bertz CT molecular complexity index is 635. The first-order chi connectivity index (χ1) is 9.75. The lowest BCUT2D eigenvalue weighted by Gasteiger charge is -2.33. The molecule has 0 saturated heterocycles. The molecular weight excluding hydrogens is 310 g/mol. The molecule has 1 N–H and O–H groups in total. The van der Waals surface area contributed by atoms with Crippen LogP contribution in [0.1, 0.15) is 47.8 Å². The molecule has 21 heavy (non-hydrogen) atoms. The van der Waals surface area contributed by atoms with Crippen LogP contribution in [-0.4, -0.2) is 36.9 Å². The number of aryl methyl sites for hydroxylation is 1. The number of rotatable bonds is 4. The fourth-order valence-corrected chi connectivity index (χ4v) is 5.95. The van der Waals surface area contributed by atoms with Crippen LogP contribution < -0.4 is 0 Å². The minimum absolute atomic E-state index is 0.0410. The molecule has 1 aliphatic carbocycles. The molecule has 2 rings (SSSR count). The largest absolute Gasteiger partial charge is 0.477 e. The number of carboxylic acids is 1. The first-order valence-electron chi connectivity index (χ1n) is 7.04. The van der Waals surface area contributed by atoms with Crippen molar-refractivity contribution >= 4 is 27.3 Å². The van der Waals surface area contributed by atoms with Gasteiger partial charge < -0.3 is 5.11 Å². The molecule has 1 aliphatic rings. The van der Waals surface area contributed by atoms with Crippen molar-refractivity contribution in [3.05, 3.63) is 15.8 Å². The third-order valence-corrected chi connectivity index (χ3v) is 7.49. The van der Waals surface area contributed by atoms with Crippen LogP contribution in [0.5, 0.6) is 0 Å². The van der Waals surface area contributed by atoms with E-state index in [1.807, 2.05) is 0 Å². The zero-order chi connectivity index (χ0) is 15.8. The van der Waals surface area contributed by atoms with Gasteiger partial charge in [0.2, 0.25) is 10.0 Å². The highest BCUT2D eigenvalue weighted by Crippen LogP contribution is 2.33. The molecule has 2 atom stereocenters. The van der Waals surface area contributed by atoms with Gasteiger partial charge in [0.05, 0.1) is 0 Å². The van der Waals surface area contributed by atoms with Crippen LogP contribution in [0.4, 0.5) is 0 Å². The van der Waals surface area contributed by atoms with E-state index in [1.165, 1.54) is 4.31 Å². The third-order valence-electron chi connectivity index (χ3n) is 4.17. The first-order valence-corrected chi connectivity index (χ1v) is 9.36. The second-order valence-corrected chi connectivity index (χ2v) is 8.64. The molecule has 7 heteroatoms. The first kappa shape index (κ1) is 16.5. The highest BCUT2D eigenvalue weighted by Gasteiger charge is 2.35. The maximum Gasteiger partial charge on any atom is 0.347 e. The van der Waals surface area contributed by atoms with Crippen molar-refractivity contribution in [2.45, 2.75) is 50.5 Å². The maximum absolute atomic E-state index is 12.8. The highest BCUT2D eigenvalue weighted by molar-refractivity contribution is 7.89. The smallest absolute Gasteiger partial charge is 0.347 e. The van der Waals surface area contributed by atoms with Gasteiger partial charge in [-0.05, 0) is 36.6 Å². The van der Waals surface area contributed by atoms with E-state index in [9.17, 15) is 18.3 Å². The molecule has 1 saturated carbocycles. The lowest BCUT2D eigenvalue weighted by atomic mass is 9.87. The minimum Gasteiger partial charge on any atom is -0.477 e. The van der Waals surface area contributed by atoms with Gasteiger partial charge in [0.15, 0.2) is 0 Å². The Balaban J connectivity index is 2.38. The van der Waals surface area contributed by atoms with Gasteiger partial charge >= 0.3 is 5.97 Å². The minimum atomic E-state index is -3.76. The van der Waals surface area contributed by atoms with Crippen molar-refractivity contribution in [3.63, 3.8) is 0 Å². The lowest BCUT2D eigenvalue weighted by molar-refractivity contribution is 0.0698. The van der Waals surface area contributed by atoms with E-state index in [0.717, 1.165) is 37.0 Å². The van der Waals surface area contributed by atoms with Gasteiger partial charge in [-0.25, -0.2) is 13.2 Å². The van der Waals surface area contributed by atoms with Gasteiger partial charge in [-0.3, -0.25) is 0 Å². The Morgan fingerprint density at radius 2 is 2.10 bits per heavy atom. The summed E-state index contributed by atoms with van der Waals surface area (Å²) >= 11 is 0.970. The molecule has 118 valence electrons. The van der Waals surface area contributed by atoms with Crippen molar-refractivity contribution in [1.82, 2.24) is 4.31 Å². The second kappa shape index (κ2) is 6.06. The van der Waals surface area contributed by atoms with E-state index >= 15 is 0 Å². The zero-order valence-corrected chi connectivity index (χ0v) is 14.1. The monoisotopic (exact) mass is 331 g/mol. The van der Waals surface area contributed by atoms with Crippen molar-refractivity contribution in [2.75, 3.05) is 7.05 Å². The Morgan fingerprint density at radius 1 is 1.43 bits per heavy atom. The molecule has 1 aromatic heterocycles. The molecule has 0 radical (unpaired) electrons. The summed E-state index contributed by atoms with van der Waals surface area (Å²) in [7, 11) is -2.19. The Kier molecular flexibility index (Phi) is 4.75. The number of thiophene rings is 1. The maximum atomic E-state index is 12.8. The third kappa shape index (κ3) is 3.14. The van der Waals surface area contributed by atoms with Crippen LogP contribution in [0, 0.1) is 12.8 Å². The summed E-state index contributed by atoms with van der Waals surface area (Å²) in [5, 5.41) is 10.8. The van der Waals surface area contributed by atoms with Crippen molar-refractivity contribution < 1.29 is 18.3 Å². The summed E-state index contributed by atoms with van der Waals surface area (Å²) in [4.78, 5) is 11.1. The van der Waals surface area contributed by atoms with Crippen LogP contribution in [0.3, 0.4) is 0 Å². The fraction of sp³-hybridized carbons (Fsp3) is 0.643. The second-order valence-electron chi connectivity index (χ2n) is 5.83. The lowest BCUT2D eigenvalue weighted by Crippen LogP contribution is -2.40. The standard InChI is InChI=1S/C14H21NO4S2/c1-9-5-4-6-11(7-9)15(3)21(18,19)13-10(2)8-20-12(13)14(16)17/h8-9,11H,4-7H2,1-3H3,(H,16,17). The van der Waals surface area contributed by atoms with Crippen LogP contribution >= 0.6 is 11.3 Å². The molecular formula is C14H21NO4S2. The van der Waals surface area contributed by atoms with E-state index in [4.69, 9.17) is 0 Å². The van der Waals surface area contributed by atoms with Gasteiger partial charge in [0.1, 0.15) is 9.77 Å². The van der Waals surface area contributed by atoms with Crippen LogP contribution in [0.2, 0.25) is 0 Å². The molecule has 1 aromatic rings. The predicted molar refractivity (Wildman–Crippen MR) is 82.4 cm³/mol. The molecule has 1 fully saturated rings. The van der Waals surface area contributed by atoms with Gasteiger partial charge in [0, 0.05) is 13.1 Å². The summed E-state index contributed by atoms with van der Waals surface area (Å²) in [5.41, 5.74) is 0.508. The summed E-state index contributed by atoms with van der Waals surface area (Å²) in [5.74, 6) is -0.680. The Morgan fingerprint density at radius 3 is 2.67 bits per heavy atom. The molecule has 0 aliphatic heterocycles. The molecule has 5 nitrogen and oxygen atoms in total. The van der Waals surface area contributed by atoms with E-state index in [0.29, 0.717) is 11.5 Å². The summed E-state index contributed by atoms with van der Waals surface area (Å²) in [6, 6.07) is -0.0419. The zero-order valence-electron chi connectivity index (χ0n) is 12.5. The molecule has 2 unspecified atom stereocenters. The Hall–Kier alpha value is -0.920. The number of carbonyl (C=O) groups is 1. The molecule has 0 aromatic carbocycles. The quantitative estimate of drug-likeness (QED) is 0.920. The van der Waals surface area contributed by atoms with E-state index in [2.05, 4.69) is 6.92 Å². The van der Waals surface area contributed by atoms with Crippen LogP contribution in [-0.2, 0) is 10.0 Å². The highest BCUT2D eigenvalue weighted by atomic mass is 32.2. The SMILES string of the molecule is Cc1csc(C(=O)O)c1S(=O)(=O)N(C)C1CCCC(C)C1. The van der Waals surface area contributed by atoms with Crippen molar-refractivity contribution in [2.24, 2.45) is 5.92 Å². The molecule has 0 spiro atoms. The normalized spacial score (nSPS) is 23.4. The van der Waals surface area contributed by atoms with Gasteiger partial charge in [-0.1, -0.05) is 19.8 Å². The van der Waals surface area contributed by atoms with E-state index in [-0.39, 0.29) is 15.8 Å². The summed E-state index contributed by atoms with van der Waals surface area (Å²) < 4.78 is 27.0. The van der Waals surface area contributed by atoms with Crippen molar-refractivity contribution in [1.29, 1.82) is 0 Å². The van der Waals surface area contributed by atoms with Crippen molar-refractivity contribution in [3.8, 4) is 0 Å². The topological polar surface area (TPSA) is 74.7 Å². The summed E-state index contributed by atoms with van der Waals surface area (Å²) in [6.07, 6.45) is 3.81. The number of hydrogen-bond acceptors (Lipinski definition) is 4. The molecule has 1 heterocycles. The van der Waals surface area contributed by atoms with Crippen LogP contribution in [0.25, 0.3) is 0 Å². The van der Waals surface area contributed by atoms with Gasteiger partial charge in [0.25, 0.3) is 0 Å². The number of carboxylic acid groups (broad SMARTS) is 1. The summed E-state index contributed by atoms with van der Waals surface area (Å²) in [6.45, 7) is 3.78. The van der Waals surface area contributed by atoms with Gasteiger partial charge in [-0.15, -0.1) is 11.3 Å². The number of sulfonamides is 1. The number of hydrogen-bond donors (Lipinski definition) is 1. The van der Waals surface area contributed by atoms with E-state index < -0.39 is 16.0 Å². The molecule has 0 amide bonds. The molecule has 0 bridgehead atoms. The average Bonchev–Trinajstić information content (AvgIpc) is 2.80. The Labute approximate surface area is 129 Å². The number of aromatic carboxylic acids is 1. The fourth-order valence-electron chi connectivity index (χ4n) is 2.97. The predicted octanol–water partition coefficient (Wildman–Crippen LogP) is 2.95.